The number of carbonyl (C=O) groups excluding carboxylic acids is 2. The summed E-state index contributed by atoms with van der Waals surface area (Å²) in [6, 6.07) is 8.81. The predicted molar refractivity (Wildman–Crippen MR) is 111 cm³/mol. The van der Waals surface area contributed by atoms with Gasteiger partial charge >= 0.3 is 0 Å². The van der Waals surface area contributed by atoms with Gasteiger partial charge in [0.1, 0.15) is 10.1 Å². The first-order valence-corrected chi connectivity index (χ1v) is 9.62. The number of anilines is 1. The van der Waals surface area contributed by atoms with Crippen LogP contribution in [-0.4, -0.2) is 37.5 Å². The van der Waals surface area contributed by atoms with Gasteiger partial charge in [0.25, 0.3) is 5.91 Å². The minimum absolute atomic E-state index is 0.124. The van der Waals surface area contributed by atoms with E-state index in [1.165, 1.54) is 22.9 Å². The Hall–Kier alpha value is -3.04. The highest BCUT2D eigenvalue weighted by Crippen LogP contribution is 2.32. The van der Waals surface area contributed by atoms with Crippen molar-refractivity contribution in [1.29, 1.82) is 0 Å². The molecule has 1 aromatic carbocycles. The van der Waals surface area contributed by atoms with Gasteiger partial charge < -0.3 is 9.73 Å². The molecule has 1 aliphatic heterocycles. The van der Waals surface area contributed by atoms with Crippen LogP contribution >= 0.6 is 24.0 Å². The quantitative estimate of drug-likeness (QED) is 0.509. The van der Waals surface area contributed by atoms with Crippen molar-refractivity contribution in [3.8, 4) is 0 Å². The number of aromatic nitrogens is 2. The van der Waals surface area contributed by atoms with Gasteiger partial charge in [-0.1, -0.05) is 24.0 Å². The molecule has 140 valence electrons. The average molecular weight is 410 g/mol. The Labute approximate surface area is 169 Å². The molecule has 7 nitrogen and oxygen atoms in total. The molecule has 1 saturated heterocycles. The van der Waals surface area contributed by atoms with Gasteiger partial charge in [0.15, 0.2) is 0 Å². The molecule has 0 radical (unpaired) electrons. The molecule has 1 N–H and O–H groups in total. The van der Waals surface area contributed by atoms with E-state index < -0.39 is 0 Å². The number of thiocarbonyl (C=S) groups is 1. The van der Waals surface area contributed by atoms with Crippen LogP contribution in [0.25, 0.3) is 17.1 Å². The molecule has 1 aliphatic rings. The average Bonchev–Trinajstić information content (AvgIpc) is 3.29. The largest absolute Gasteiger partial charge is 0.465 e. The summed E-state index contributed by atoms with van der Waals surface area (Å²) in [4.78, 5) is 35.1. The lowest BCUT2D eigenvalue weighted by molar-refractivity contribution is -0.122. The first-order chi connectivity index (χ1) is 13.6. The number of furan rings is 1. The second kappa shape index (κ2) is 7.91. The Morgan fingerprint density at radius 3 is 2.86 bits per heavy atom. The Morgan fingerprint density at radius 2 is 2.07 bits per heavy atom. The SMILES string of the molecule is O=C(CCN1C(=O)/C(=C/c2ccco2)SC1=S)Nc1ccc2nccnc2c1. The molecule has 4 rings (SSSR count). The van der Waals surface area contributed by atoms with Crippen molar-refractivity contribution < 1.29 is 14.0 Å². The van der Waals surface area contributed by atoms with Crippen molar-refractivity contribution in [3.63, 3.8) is 0 Å². The standard InChI is InChI=1S/C19H14N4O3S2/c24-17(22-12-3-4-14-15(10-12)21-7-6-20-14)5-8-23-18(25)16(28-19(23)27)11-13-2-1-9-26-13/h1-4,6-7,9-11H,5,8H2,(H,22,24)/b16-11-. The monoisotopic (exact) mass is 410 g/mol. The maximum absolute atomic E-state index is 12.5. The van der Waals surface area contributed by atoms with Gasteiger partial charge in [-0.25, -0.2) is 0 Å². The second-order valence-corrected chi connectivity index (χ2v) is 7.58. The van der Waals surface area contributed by atoms with Gasteiger partial charge in [-0.2, -0.15) is 0 Å². The minimum atomic E-state index is -0.222. The van der Waals surface area contributed by atoms with Crippen molar-refractivity contribution in [2.45, 2.75) is 6.42 Å². The van der Waals surface area contributed by atoms with Crippen LogP contribution in [-0.2, 0) is 9.59 Å². The van der Waals surface area contributed by atoms with Crippen LogP contribution in [0, 0.1) is 0 Å². The van der Waals surface area contributed by atoms with Gasteiger partial charge in [-0.15, -0.1) is 0 Å². The summed E-state index contributed by atoms with van der Waals surface area (Å²) in [5, 5.41) is 2.81. The molecule has 1 fully saturated rings. The Bertz CT molecular complexity index is 1100. The zero-order valence-corrected chi connectivity index (χ0v) is 16.1. The fourth-order valence-electron chi connectivity index (χ4n) is 2.67. The summed E-state index contributed by atoms with van der Waals surface area (Å²) >= 11 is 6.47. The molecular formula is C19H14N4O3S2. The maximum atomic E-state index is 12.5. The van der Waals surface area contributed by atoms with Gasteiger partial charge in [-0.05, 0) is 30.3 Å². The summed E-state index contributed by atoms with van der Waals surface area (Å²) in [6.07, 6.45) is 6.52. The molecular weight excluding hydrogens is 396 g/mol. The Kier molecular flexibility index (Phi) is 5.18. The number of hydrogen-bond acceptors (Lipinski definition) is 7. The van der Waals surface area contributed by atoms with Gasteiger partial charge in [0.2, 0.25) is 5.91 Å². The smallest absolute Gasteiger partial charge is 0.266 e. The van der Waals surface area contributed by atoms with Crippen molar-refractivity contribution in [2.75, 3.05) is 11.9 Å². The first-order valence-electron chi connectivity index (χ1n) is 8.40. The van der Waals surface area contributed by atoms with E-state index in [0.717, 1.165) is 5.52 Å². The predicted octanol–water partition coefficient (Wildman–Crippen LogP) is 3.45. The van der Waals surface area contributed by atoms with E-state index in [4.69, 9.17) is 16.6 Å². The number of carbonyl (C=O) groups is 2. The highest BCUT2D eigenvalue weighted by atomic mass is 32.2. The van der Waals surface area contributed by atoms with Crippen molar-refractivity contribution in [3.05, 3.63) is 59.7 Å². The molecule has 28 heavy (non-hydrogen) atoms. The number of benzene rings is 1. The Morgan fingerprint density at radius 1 is 1.25 bits per heavy atom. The number of nitrogens with one attached hydrogen (secondary N) is 1. The molecule has 9 heteroatoms. The zero-order valence-electron chi connectivity index (χ0n) is 14.5. The third-order valence-electron chi connectivity index (χ3n) is 4.01. The number of fused-ring (bicyclic) bond motifs is 1. The van der Waals surface area contributed by atoms with E-state index >= 15 is 0 Å². The van der Waals surface area contributed by atoms with E-state index in [1.807, 2.05) is 0 Å². The number of hydrogen-bond donors (Lipinski definition) is 1. The molecule has 0 aliphatic carbocycles. The third-order valence-corrected chi connectivity index (χ3v) is 5.38. The fourth-order valence-corrected chi connectivity index (χ4v) is 3.96. The number of amides is 2. The minimum Gasteiger partial charge on any atom is -0.465 e. The number of rotatable bonds is 5. The highest BCUT2D eigenvalue weighted by Gasteiger charge is 2.32. The molecule has 2 amide bonds. The highest BCUT2D eigenvalue weighted by molar-refractivity contribution is 8.26. The maximum Gasteiger partial charge on any atom is 0.266 e. The van der Waals surface area contributed by atoms with Crippen LogP contribution in [0.1, 0.15) is 12.2 Å². The molecule has 2 aromatic heterocycles. The van der Waals surface area contributed by atoms with Gasteiger partial charge in [0.05, 0.1) is 22.2 Å². The molecule has 0 unspecified atom stereocenters. The topological polar surface area (TPSA) is 88.3 Å². The van der Waals surface area contributed by atoms with Crippen molar-refractivity contribution in [1.82, 2.24) is 14.9 Å². The summed E-state index contributed by atoms with van der Waals surface area (Å²) in [6.45, 7) is 0.208. The number of thioether (sulfide) groups is 1. The number of nitrogens with zero attached hydrogens (tertiary/aromatic N) is 3. The molecule has 0 bridgehead atoms. The van der Waals surface area contributed by atoms with E-state index in [-0.39, 0.29) is 24.8 Å². The Balaban J connectivity index is 1.37. The van der Waals surface area contributed by atoms with Gasteiger partial charge in [0, 0.05) is 37.1 Å². The van der Waals surface area contributed by atoms with Crippen LogP contribution in [0.15, 0.2) is 58.3 Å². The van der Waals surface area contributed by atoms with E-state index in [1.54, 1.807) is 48.8 Å². The van der Waals surface area contributed by atoms with Crippen molar-refractivity contribution in [2.24, 2.45) is 0 Å². The van der Waals surface area contributed by atoms with Crippen LogP contribution in [0.3, 0.4) is 0 Å². The van der Waals surface area contributed by atoms with E-state index in [9.17, 15) is 9.59 Å². The lowest BCUT2D eigenvalue weighted by Gasteiger charge is -2.14. The molecule has 0 atom stereocenters. The van der Waals surface area contributed by atoms with Crippen LogP contribution in [0.4, 0.5) is 5.69 Å². The summed E-state index contributed by atoms with van der Waals surface area (Å²) in [5.41, 5.74) is 2.07. The normalized spacial score (nSPS) is 15.6. The fraction of sp³-hybridized carbons (Fsp3) is 0.105. The van der Waals surface area contributed by atoms with Crippen LogP contribution in [0.5, 0.6) is 0 Å². The van der Waals surface area contributed by atoms with Crippen molar-refractivity contribution >= 4 is 62.9 Å². The van der Waals surface area contributed by atoms with E-state index in [0.29, 0.717) is 26.2 Å². The summed E-state index contributed by atoms with van der Waals surface area (Å²) in [7, 11) is 0. The zero-order chi connectivity index (χ0) is 19.5. The lowest BCUT2D eigenvalue weighted by atomic mass is 10.2. The lowest BCUT2D eigenvalue weighted by Crippen LogP contribution is -2.31. The van der Waals surface area contributed by atoms with Crippen LogP contribution in [0.2, 0.25) is 0 Å². The second-order valence-electron chi connectivity index (χ2n) is 5.91. The summed E-state index contributed by atoms with van der Waals surface area (Å²) in [5.74, 6) is 0.144. The first kappa shape index (κ1) is 18.3. The molecule has 0 spiro atoms. The van der Waals surface area contributed by atoms with E-state index in [2.05, 4.69) is 15.3 Å². The van der Waals surface area contributed by atoms with Gasteiger partial charge in [-0.3, -0.25) is 24.5 Å². The molecule has 3 heterocycles. The third kappa shape index (κ3) is 3.95. The summed E-state index contributed by atoms with van der Waals surface area (Å²) < 4.78 is 5.66. The molecule has 0 saturated carbocycles. The van der Waals surface area contributed by atoms with Crippen LogP contribution < -0.4 is 5.32 Å². The molecule has 3 aromatic rings.